The molecule has 1 unspecified atom stereocenters. The molecule has 0 fully saturated rings. The van der Waals surface area contributed by atoms with Crippen LogP contribution in [0.4, 0.5) is 0 Å². The number of unbranched alkanes of at least 4 members (excludes halogenated alkanes) is 15. The van der Waals surface area contributed by atoms with Gasteiger partial charge < -0.3 is 14.2 Å². The number of carbonyl (C=O) groups is 3. The number of carbonyl (C=O) groups excluding carboxylic acids is 3. The molecule has 0 aliphatic carbocycles. The topological polar surface area (TPSA) is 78.9 Å². The molecule has 6 nitrogen and oxygen atoms in total. The van der Waals surface area contributed by atoms with Crippen molar-refractivity contribution in [1.29, 1.82) is 0 Å². The number of hydrogen-bond acceptors (Lipinski definition) is 6. The number of hydrogen-bond donors (Lipinski definition) is 0. The smallest absolute Gasteiger partial charge is 0.306 e. The first-order valence-electron chi connectivity index (χ1n) is 32.3. The molecular weight excluding hydrogens is 997 g/mol. The zero-order valence-corrected chi connectivity index (χ0v) is 51.7. The van der Waals surface area contributed by atoms with Gasteiger partial charge in [0.2, 0.25) is 0 Å². The van der Waals surface area contributed by atoms with Gasteiger partial charge in [-0.3, -0.25) is 14.4 Å². The lowest BCUT2D eigenvalue weighted by Crippen LogP contribution is -2.30. The lowest BCUT2D eigenvalue weighted by molar-refractivity contribution is -0.167. The van der Waals surface area contributed by atoms with E-state index in [-0.39, 0.29) is 37.5 Å². The summed E-state index contributed by atoms with van der Waals surface area (Å²) in [5.74, 6) is -0.976. The Morgan fingerprint density at radius 2 is 0.481 bits per heavy atom. The van der Waals surface area contributed by atoms with E-state index in [2.05, 4.69) is 203 Å². The van der Waals surface area contributed by atoms with Gasteiger partial charge in [-0.25, -0.2) is 0 Å². The largest absolute Gasteiger partial charge is 0.462 e. The second kappa shape index (κ2) is 67.0. The third-order valence-corrected chi connectivity index (χ3v) is 12.9. The van der Waals surface area contributed by atoms with Crippen molar-refractivity contribution in [3.8, 4) is 0 Å². The zero-order chi connectivity index (χ0) is 58.5. The Morgan fingerprint density at radius 1 is 0.259 bits per heavy atom. The fourth-order valence-electron chi connectivity index (χ4n) is 8.11. The highest BCUT2D eigenvalue weighted by atomic mass is 16.6. The van der Waals surface area contributed by atoms with Gasteiger partial charge in [0.1, 0.15) is 13.2 Å². The van der Waals surface area contributed by atoms with Gasteiger partial charge in [0.05, 0.1) is 0 Å². The fraction of sp³-hybridized carbons (Fsp3) is 0.560. The van der Waals surface area contributed by atoms with Crippen LogP contribution in [0.2, 0.25) is 0 Å². The lowest BCUT2D eigenvalue weighted by Gasteiger charge is -2.18. The van der Waals surface area contributed by atoms with Crippen LogP contribution >= 0.6 is 0 Å². The van der Waals surface area contributed by atoms with Crippen molar-refractivity contribution >= 4 is 17.9 Å². The molecule has 0 aromatic carbocycles. The molecule has 0 spiro atoms. The van der Waals surface area contributed by atoms with Gasteiger partial charge in [-0.05, 0) is 154 Å². The monoisotopic (exact) mass is 1110 g/mol. The molecule has 0 radical (unpaired) electrons. The van der Waals surface area contributed by atoms with Crippen molar-refractivity contribution in [2.24, 2.45) is 0 Å². The third kappa shape index (κ3) is 65.2. The molecule has 0 aliphatic rings. The van der Waals surface area contributed by atoms with Gasteiger partial charge in [0.15, 0.2) is 6.10 Å². The maximum atomic E-state index is 12.9. The average molecular weight is 1110 g/mol. The lowest BCUT2D eigenvalue weighted by atomic mass is 10.1. The van der Waals surface area contributed by atoms with E-state index in [1.165, 1.54) is 6.42 Å². The molecule has 0 N–H and O–H groups in total. The Labute approximate surface area is 497 Å². The molecule has 0 aliphatic heterocycles. The number of ether oxygens (including phenoxy) is 3. The minimum atomic E-state index is -0.817. The van der Waals surface area contributed by atoms with Gasteiger partial charge >= 0.3 is 17.9 Å². The van der Waals surface area contributed by atoms with E-state index in [1.54, 1.807) is 0 Å². The van der Waals surface area contributed by atoms with E-state index in [9.17, 15) is 14.4 Å². The van der Waals surface area contributed by atoms with Crippen LogP contribution in [0.1, 0.15) is 252 Å². The Balaban J connectivity index is 4.47. The van der Waals surface area contributed by atoms with Crippen LogP contribution < -0.4 is 0 Å². The average Bonchev–Trinajstić information content (AvgIpc) is 3.46. The standard InChI is InChI=1S/C75H116O6/c1-4-7-10-13-16-19-22-25-27-29-31-33-34-35-36-37-38-39-40-42-43-45-47-50-53-56-59-62-65-68-74(77)80-71-72(70-79-73(76)67-64-61-58-55-52-49-24-21-18-15-12-9-6-3)81-75(78)69-66-63-60-57-54-51-48-46-44-41-32-30-28-26-23-20-17-14-11-8-5-2/h7-8,10-12,15-17,19-21,24-28,31-33,35-36,38-39,41-43,46-48,50,72H,4-6,9,13-14,18,22-23,29-30,34,37,40,44-45,49,51-71H2,1-3H3/b10-7-,11-8-,15-12-,19-16-,20-17-,24-21-,27-25-,28-26-,33-31-,36-35-,39-38-,41-32-,43-42-,48-46-,50-47-. The van der Waals surface area contributed by atoms with Crippen LogP contribution in [-0.2, 0) is 28.6 Å². The van der Waals surface area contributed by atoms with Gasteiger partial charge in [-0.15, -0.1) is 0 Å². The zero-order valence-electron chi connectivity index (χ0n) is 51.7. The van der Waals surface area contributed by atoms with Crippen molar-refractivity contribution in [3.63, 3.8) is 0 Å². The van der Waals surface area contributed by atoms with Crippen LogP contribution in [0.25, 0.3) is 0 Å². The van der Waals surface area contributed by atoms with Crippen LogP contribution in [-0.4, -0.2) is 37.2 Å². The molecule has 0 rings (SSSR count). The second-order valence-corrected chi connectivity index (χ2v) is 20.5. The molecule has 0 aromatic heterocycles. The first kappa shape index (κ1) is 75.5. The highest BCUT2D eigenvalue weighted by Gasteiger charge is 2.19. The minimum Gasteiger partial charge on any atom is -0.462 e. The summed E-state index contributed by atoms with van der Waals surface area (Å²) in [7, 11) is 0. The summed E-state index contributed by atoms with van der Waals surface area (Å²) in [6.07, 6.45) is 100. The maximum Gasteiger partial charge on any atom is 0.306 e. The fourth-order valence-corrected chi connectivity index (χ4v) is 8.11. The molecule has 452 valence electrons. The summed E-state index contributed by atoms with van der Waals surface area (Å²) in [6.45, 7) is 6.29. The Bertz CT molecular complexity index is 1900. The van der Waals surface area contributed by atoms with Gasteiger partial charge in [0.25, 0.3) is 0 Å². The minimum absolute atomic E-state index is 0.111. The van der Waals surface area contributed by atoms with E-state index < -0.39 is 6.10 Å². The Kier molecular flexibility index (Phi) is 62.5. The van der Waals surface area contributed by atoms with Gasteiger partial charge in [0, 0.05) is 19.3 Å². The number of rotatable bonds is 56. The Hall–Kier alpha value is -5.49. The highest BCUT2D eigenvalue weighted by Crippen LogP contribution is 2.13. The van der Waals surface area contributed by atoms with Crippen molar-refractivity contribution in [3.05, 3.63) is 182 Å². The summed E-state index contributed by atoms with van der Waals surface area (Å²) in [5, 5.41) is 0. The first-order valence-corrected chi connectivity index (χ1v) is 32.3. The first-order chi connectivity index (χ1) is 40.0. The molecule has 81 heavy (non-hydrogen) atoms. The Morgan fingerprint density at radius 3 is 0.753 bits per heavy atom. The van der Waals surface area contributed by atoms with E-state index in [0.717, 1.165) is 205 Å². The normalized spacial score (nSPS) is 13.4. The molecule has 0 bridgehead atoms. The van der Waals surface area contributed by atoms with Gasteiger partial charge in [-0.1, -0.05) is 261 Å². The van der Waals surface area contributed by atoms with Crippen molar-refractivity contribution in [2.75, 3.05) is 13.2 Å². The SMILES string of the molecule is CC/C=C\C/C=C\C/C=C\C/C=C\C/C=C\C/C=C\C/C=C\C/C=C\CCCCCCC(=O)OCC(COC(=O)CCCCCCC/C=C\C/C=C\CCC)OC(=O)CCCCCCC/C=C\C/C=C\C/C=C\C/C=C\C/C=C\CC. The van der Waals surface area contributed by atoms with E-state index in [1.807, 2.05) is 0 Å². The van der Waals surface area contributed by atoms with Crippen LogP contribution in [0.5, 0.6) is 0 Å². The number of allylic oxidation sites excluding steroid dienone is 30. The van der Waals surface area contributed by atoms with Gasteiger partial charge in [-0.2, -0.15) is 0 Å². The summed E-state index contributed by atoms with van der Waals surface area (Å²) in [4.78, 5) is 38.3. The predicted molar refractivity (Wildman–Crippen MR) is 352 cm³/mol. The summed E-state index contributed by atoms with van der Waals surface area (Å²) in [5.41, 5.74) is 0. The van der Waals surface area contributed by atoms with Crippen molar-refractivity contribution in [2.45, 2.75) is 258 Å². The highest BCUT2D eigenvalue weighted by molar-refractivity contribution is 5.71. The molecule has 0 amide bonds. The van der Waals surface area contributed by atoms with E-state index in [4.69, 9.17) is 14.2 Å². The molecule has 1 atom stereocenters. The van der Waals surface area contributed by atoms with Crippen LogP contribution in [0.15, 0.2) is 182 Å². The van der Waals surface area contributed by atoms with E-state index >= 15 is 0 Å². The molecule has 0 heterocycles. The molecule has 0 saturated heterocycles. The number of esters is 3. The van der Waals surface area contributed by atoms with Crippen LogP contribution in [0, 0.1) is 0 Å². The van der Waals surface area contributed by atoms with Crippen LogP contribution in [0.3, 0.4) is 0 Å². The van der Waals surface area contributed by atoms with Crippen molar-refractivity contribution < 1.29 is 28.6 Å². The molecule has 0 saturated carbocycles. The molecule has 0 aromatic rings. The second-order valence-electron chi connectivity index (χ2n) is 20.5. The molecular formula is C75H116O6. The third-order valence-electron chi connectivity index (χ3n) is 12.9. The predicted octanol–water partition coefficient (Wildman–Crippen LogP) is 22.4. The summed E-state index contributed by atoms with van der Waals surface area (Å²) in [6, 6.07) is 0. The summed E-state index contributed by atoms with van der Waals surface area (Å²) < 4.78 is 16.9. The molecule has 6 heteroatoms. The maximum absolute atomic E-state index is 12.9. The quantitative estimate of drug-likeness (QED) is 0.0261. The van der Waals surface area contributed by atoms with Crippen molar-refractivity contribution in [1.82, 2.24) is 0 Å². The summed E-state index contributed by atoms with van der Waals surface area (Å²) >= 11 is 0. The van der Waals surface area contributed by atoms with E-state index in [0.29, 0.717) is 12.8 Å².